The maximum absolute atomic E-state index is 12.2. The van der Waals surface area contributed by atoms with Gasteiger partial charge in [0.05, 0.1) is 6.57 Å². The van der Waals surface area contributed by atoms with Crippen molar-refractivity contribution in [1.29, 1.82) is 0 Å². The Morgan fingerprint density at radius 2 is 1.82 bits per heavy atom. The normalized spacial score (nSPS) is 9.59. The van der Waals surface area contributed by atoms with Gasteiger partial charge in [-0.3, -0.25) is 4.79 Å². The first-order valence-electron chi connectivity index (χ1n) is 5.09. The summed E-state index contributed by atoms with van der Waals surface area (Å²) in [6.45, 7) is 6.93. The lowest BCUT2D eigenvalue weighted by Crippen LogP contribution is -2.04. The number of nitrogens with zero attached hydrogens (tertiary/aromatic N) is 1. The van der Waals surface area contributed by atoms with E-state index in [1.54, 1.807) is 36.4 Å². The lowest BCUT2D eigenvalue weighted by molar-refractivity contribution is 0.103. The highest BCUT2D eigenvalue weighted by atomic mass is 16.1. The van der Waals surface area contributed by atoms with Crippen LogP contribution in [0, 0.1) is 6.57 Å². The first-order valence-corrected chi connectivity index (χ1v) is 5.09. The highest BCUT2D eigenvalue weighted by molar-refractivity contribution is 6.12. The minimum atomic E-state index is -0.159. The molecule has 0 radical (unpaired) electrons. The summed E-state index contributed by atoms with van der Waals surface area (Å²) in [7, 11) is 0. The Kier molecular flexibility index (Phi) is 2.89. The Hall–Kier alpha value is -2.60. The van der Waals surface area contributed by atoms with Crippen LogP contribution in [0.3, 0.4) is 0 Å². The lowest BCUT2D eigenvalue weighted by Gasteiger charge is -2.05. The quantitative estimate of drug-likeness (QED) is 0.482. The molecule has 0 saturated carbocycles. The molecule has 0 atom stereocenters. The van der Waals surface area contributed by atoms with Crippen LogP contribution in [0.2, 0.25) is 0 Å². The van der Waals surface area contributed by atoms with Crippen molar-refractivity contribution in [3.63, 3.8) is 0 Å². The van der Waals surface area contributed by atoms with Gasteiger partial charge in [0.1, 0.15) is 0 Å². The molecule has 2 N–H and O–H groups in total. The molecule has 2 aromatic rings. The second kappa shape index (κ2) is 4.50. The summed E-state index contributed by atoms with van der Waals surface area (Å²) < 4.78 is 0. The predicted molar refractivity (Wildman–Crippen MR) is 67.0 cm³/mol. The summed E-state index contributed by atoms with van der Waals surface area (Å²) in [4.78, 5) is 15.4. The van der Waals surface area contributed by atoms with Gasteiger partial charge in [0, 0.05) is 16.8 Å². The molecule has 3 nitrogen and oxygen atoms in total. The number of rotatable bonds is 2. The summed E-state index contributed by atoms with van der Waals surface area (Å²) in [6.07, 6.45) is 0. The molecule has 0 aliphatic heterocycles. The van der Waals surface area contributed by atoms with Crippen LogP contribution in [0.15, 0.2) is 48.5 Å². The van der Waals surface area contributed by atoms with Gasteiger partial charge in [0.2, 0.25) is 0 Å². The molecule has 0 bridgehead atoms. The smallest absolute Gasteiger partial charge is 0.193 e. The maximum Gasteiger partial charge on any atom is 0.193 e. The molecular weight excluding hydrogens is 212 g/mol. The number of hydrogen-bond acceptors (Lipinski definition) is 2. The van der Waals surface area contributed by atoms with Gasteiger partial charge in [0.15, 0.2) is 11.5 Å². The molecular formula is C14H10N2O. The van der Waals surface area contributed by atoms with Crippen molar-refractivity contribution in [3.8, 4) is 0 Å². The van der Waals surface area contributed by atoms with Crippen LogP contribution in [0.25, 0.3) is 4.85 Å². The monoisotopic (exact) mass is 222 g/mol. The van der Waals surface area contributed by atoms with E-state index >= 15 is 0 Å². The average molecular weight is 222 g/mol. The van der Waals surface area contributed by atoms with Crippen LogP contribution >= 0.6 is 0 Å². The first-order chi connectivity index (χ1) is 8.22. The third-order valence-electron chi connectivity index (χ3n) is 2.45. The summed E-state index contributed by atoms with van der Waals surface area (Å²) in [5.74, 6) is -0.159. The zero-order chi connectivity index (χ0) is 12.3. The van der Waals surface area contributed by atoms with E-state index in [4.69, 9.17) is 12.3 Å². The van der Waals surface area contributed by atoms with Crippen LogP contribution in [-0.4, -0.2) is 5.78 Å². The number of nitrogen functional groups attached to an aromatic ring is 1. The van der Waals surface area contributed by atoms with E-state index in [9.17, 15) is 4.79 Å². The second-order valence-electron chi connectivity index (χ2n) is 3.58. The number of carbonyl (C=O) groups excluding carboxylic acids is 1. The molecule has 0 aliphatic rings. The number of hydrogen-bond donors (Lipinski definition) is 1. The SMILES string of the molecule is [C-]#[N+]c1ccc(N)c(C(=O)c2ccccc2)c1. The molecule has 17 heavy (non-hydrogen) atoms. The van der Waals surface area contributed by atoms with Gasteiger partial charge in [-0.1, -0.05) is 36.4 Å². The van der Waals surface area contributed by atoms with E-state index in [1.807, 2.05) is 6.07 Å². The van der Waals surface area contributed by atoms with Crippen LogP contribution in [0.1, 0.15) is 15.9 Å². The van der Waals surface area contributed by atoms with E-state index in [0.717, 1.165) is 0 Å². The van der Waals surface area contributed by atoms with Crippen LogP contribution < -0.4 is 5.73 Å². The van der Waals surface area contributed by atoms with E-state index in [-0.39, 0.29) is 5.78 Å². The standard InChI is InChI=1S/C14H10N2O/c1-16-11-7-8-13(15)12(9-11)14(17)10-5-3-2-4-6-10/h2-9H,15H2. The zero-order valence-corrected chi connectivity index (χ0v) is 9.05. The van der Waals surface area contributed by atoms with Crippen molar-refractivity contribution in [1.82, 2.24) is 0 Å². The van der Waals surface area contributed by atoms with Crippen LogP contribution in [0.4, 0.5) is 11.4 Å². The molecule has 0 amide bonds. The minimum absolute atomic E-state index is 0.159. The number of nitrogens with two attached hydrogens (primary N) is 1. The molecule has 0 fully saturated rings. The van der Waals surface area contributed by atoms with Crippen molar-refractivity contribution in [2.24, 2.45) is 0 Å². The molecule has 0 aliphatic carbocycles. The Morgan fingerprint density at radius 3 is 2.47 bits per heavy atom. The number of carbonyl (C=O) groups is 1. The summed E-state index contributed by atoms with van der Waals surface area (Å²) in [5, 5.41) is 0. The summed E-state index contributed by atoms with van der Waals surface area (Å²) >= 11 is 0. The van der Waals surface area contributed by atoms with Gasteiger partial charge >= 0.3 is 0 Å². The van der Waals surface area contributed by atoms with Crippen LogP contribution in [-0.2, 0) is 0 Å². The third kappa shape index (κ3) is 2.16. The molecule has 0 unspecified atom stereocenters. The molecule has 0 heterocycles. The van der Waals surface area contributed by atoms with Gasteiger partial charge in [-0.25, -0.2) is 4.85 Å². The van der Waals surface area contributed by atoms with Crippen molar-refractivity contribution < 1.29 is 4.79 Å². The van der Waals surface area contributed by atoms with Crippen molar-refractivity contribution in [3.05, 3.63) is 71.1 Å². The van der Waals surface area contributed by atoms with Gasteiger partial charge in [0.25, 0.3) is 0 Å². The zero-order valence-electron chi connectivity index (χ0n) is 9.05. The highest BCUT2D eigenvalue weighted by Gasteiger charge is 2.12. The Labute approximate surface area is 99.3 Å². The first kappa shape index (κ1) is 10.9. The molecule has 2 aromatic carbocycles. The van der Waals surface area contributed by atoms with Gasteiger partial charge in [-0.2, -0.15) is 0 Å². The molecule has 0 spiro atoms. The summed E-state index contributed by atoms with van der Waals surface area (Å²) in [6, 6.07) is 13.6. The van der Waals surface area contributed by atoms with Crippen molar-refractivity contribution in [2.75, 3.05) is 5.73 Å². The van der Waals surface area contributed by atoms with Crippen LogP contribution in [0.5, 0.6) is 0 Å². The Bertz CT molecular complexity index is 597. The van der Waals surface area contributed by atoms with E-state index in [0.29, 0.717) is 22.5 Å². The highest BCUT2D eigenvalue weighted by Crippen LogP contribution is 2.22. The van der Waals surface area contributed by atoms with Gasteiger partial charge in [-0.15, -0.1) is 0 Å². The van der Waals surface area contributed by atoms with Crippen molar-refractivity contribution >= 4 is 17.2 Å². The Morgan fingerprint density at radius 1 is 1.12 bits per heavy atom. The molecule has 3 heteroatoms. The topological polar surface area (TPSA) is 47.5 Å². The lowest BCUT2D eigenvalue weighted by atomic mass is 10.0. The third-order valence-corrected chi connectivity index (χ3v) is 2.45. The largest absolute Gasteiger partial charge is 0.398 e. The molecule has 82 valence electrons. The predicted octanol–water partition coefficient (Wildman–Crippen LogP) is 3.05. The van der Waals surface area contributed by atoms with Crippen molar-refractivity contribution in [2.45, 2.75) is 0 Å². The van der Waals surface area contributed by atoms with E-state index < -0.39 is 0 Å². The Balaban J connectivity index is 2.48. The van der Waals surface area contributed by atoms with E-state index in [1.165, 1.54) is 6.07 Å². The fourth-order valence-electron chi connectivity index (χ4n) is 1.56. The van der Waals surface area contributed by atoms with E-state index in [2.05, 4.69) is 4.85 Å². The summed E-state index contributed by atoms with van der Waals surface area (Å²) in [5.41, 5.74) is 7.52. The maximum atomic E-state index is 12.2. The number of ketones is 1. The molecule has 2 rings (SSSR count). The van der Waals surface area contributed by atoms with Gasteiger partial charge < -0.3 is 5.73 Å². The molecule has 0 saturated heterocycles. The molecule has 0 aromatic heterocycles. The fraction of sp³-hybridized carbons (Fsp3) is 0. The van der Waals surface area contributed by atoms with Gasteiger partial charge in [-0.05, 0) is 12.1 Å². The second-order valence-corrected chi connectivity index (χ2v) is 3.58. The fourth-order valence-corrected chi connectivity index (χ4v) is 1.56. The number of anilines is 1. The average Bonchev–Trinajstić information content (AvgIpc) is 2.39. The minimum Gasteiger partial charge on any atom is -0.398 e. The number of benzene rings is 2.